The number of rotatable bonds is 8. The molecule has 0 bridgehead atoms. The van der Waals surface area contributed by atoms with E-state index in [4.69, 9.17) is 27.4 Å². The van der Waals surface area contributed by atoms with Crippen molar-refractivity contribution in [2.75, 3.05) is 38.9 Å². The van der Waals surface area contributed by atoms with Crippen LogP contribution < -0.4 is 10.6 Å². The second kappa shape index (κ2) is 8.14. The largest absolute Gasteiger partial charge is 0.389 e. The predicted octanol–water partition coefficient (Wildman–Crippen LogP) is 1.95. The lowest BCUT2D eigenvalue weighted by Gasteiger charge is -2.32. The number of ether oxygens (including phenoxy) is 2. The molecule has 0 saturated carbocycles. The Hall–Kier alpha value is -1.24. The van der Waals surface area contributed by atoms with E-state index in [0.717, 1.165) is 5.69 Å². The number of anilines is 1. The summed E-state index contributed by atoms with van der Waals surface area (Å²) in [6.07, 6.45) is 0. The molecule has 0 saturated heterocycles. The van der Waals surface area contributed by atoms with Crippen molar-refractivity contribution in [2.45, 2.75) is 13.0 Å². The maximum absolute atomic E-state index is 13.4. The molecule has 6 heteroatoms. The van der Waals surface area contributed by atoms with Crippen LogP contribution in [0.25, 0.3) is 0 Å². The van der Waals surface area contributed by atoms with Gasteiger partial charge in [-0.3, -0.25) is 0 Å². The zero-order valence-electron chi connectivity index (χ0n) is 12.1. The fraction of sp³-hybridized carbons (Fsp3) is 0.500. The second-order valence-electron chi connectivity index (χ2n) is 4.52. The predicted molar refractivity (Wildman–Crippen MR) is 82.8 cm³/mol. The number of benzene rings is 1. The maximum Gasteiger partial charge on any atom is 0.124 e. The highest BCUT2D eigenvalue weighted by Crippen LogP contribution is 2.24. The maximum atomic E-state index is 13.4. The minimum atomic E-state index is -0.359. The van der Waals surface area contributed by atoms with Crippen molar-refractivity contribution in [1.29, 1.82) is 0 Å². The molecule has 0 spiro atoms. The number of nitrogens with two attached hydrogens (primary N) is 1. The quantitative estimate of drug-likeness (QED) is 0.744. The molecule has 1 unspecified atom stereocenters. The summed E-state index contributed by atoms with van der Waals surface area (Å²) < 4.78 is 23.7. The first-order chi connectivity index (χ1) is 9.51. The van der Waals surface area contributed by atoms with Crippen molar-refractivity contribution in [3.8, 4) is 0 Å². The Balaban J connectivity index is 3.14. The normalized spacial score (nSPS) is 12.2. The first kappa shape index (κ1) is 16.8. The van der Waals surface area contributed by atoms with Crippen molar-refractivity contribution < 1.29 is 13.9 Å². The summed E-state index contributed by atoms with van der Waals surface area (Å²) in [5.41, 5.74) is 7.02. The van der Waals surface area contributed by atoms with Gasteiger partial charge in [0.05, 0.1) is 13.2 Å². The van der Waals surface area contributed by atoms with Gasteiger partial charge in [0.2, 0.25) is 0 Å². The van der Waals surface area contributed by atoms with E-state index < -0.39 is 0 Å². The molecular weight excluding hydrogens is 279 g/mol. The van der Waals surface area contributed by atoms with Gasteiger partial charge in [0, 0.05) is 38.1 Å². The number of methoxy groups -OCH3 is 2. The van der Waals surface area contributed by atoms with Gasteiger partial charge in [-0.25, -0.2) is 4.39 Å². The van der Waals surface area contributed by atoms with Crippen LogP contribution in [0.4, 0.5) is 10.1 Å². The summed E-state index contributed by atoms with van der Waals surface area (Å²) in [4.78, 5) is 2.23. The summed E-state index contributed by atoms with van der Waals surface area (Å²) in [7, 11) is 3.28. The van der Waals surface area contributed by atoms with Gasteiger partial charge in [0.1, 0.15) is 10.8 Å². The zero-order valence-corrected chi connectivity index (χ0v) is 12.9. The Morgan fingerprint density at radius 2 is 2.10 bits per heavy atom. The zero-order chi connectivity index (χ0) is 15.1. The Kier molecular flexibility index (Phi) is 6.84. The Bertz CT molecular complexity index is 457. The first-order valence-corrected chi connectivity index (χ1v) is 6.76. The molecule has 1 atom stereocenters. The molecule has 1 rings (SSSR count). The lowest BCUT2D eigenvalue weighted by atomic mass is 10.1. The smallest absolute Gasteiger partial charge is 0.124 e. The SMILES string of the molecule is COCCN(c1ccc(F)cc1C(N)=S)C(C)COC. The van der Waals surface area contributed by atoms with Crippen LogP contribution in [0.3, 0.4) is 0 Å². The average molecular weight is 300 g/mol. The number of hydrogen-bond donors (Lipinski definition) is 1. The van der Waals surface area contributed by atoms with Crippen LogP contribution in [0.2, 0.25) is 0 Å². The van der Waals surface area contributed by atoms with Gasteiger partial charge in [0.15, 0.2) is 0 Å². The number of nitrogens with zero attached hydrogens (tertiary/aromatic N) is 1. The Labute approximate surface area is 124 Å². The molecule has 2 N–H and O–H groups in total. The fourth-order valence-electron chi connectivity index (χ4n) is 2.06. The third-order valence-electron chi connectivity index (χ3n) is 3.01. The van der Waals surface area contributed by atoms with E-state index in [0.29, 0.717) is 25.3 Å². The molecule has 4 nitrogen and oxygen atoms in total. The molecule has 0 aliphatic carbocycles. The number of thiocarbonyl (C=S) groups is 1. The lowest BCUT2D eigenvalue weighted by molar-refractivity contribution is 0.171. The van der Waals surface area contributed by atoms with Gasteiger partial charge < -0.3 is 20.1 Å². The molecule has 0 amide bonds. The van der Waals surface area contributed by atoms with Crippen LogP contribution in [0.15, 0.2) is 18.2 Å². The number of hydrogen-bond acceptors (Lipinski definition) is 4. The second-order valence-corrected chi connectivity index (χ2v) is 4.96. The molecule has 0 aromatic heterocycles. The Morgan fingerprint density at radius 3 is 2.65 bits per heavy atom. The summed E-state index contributed by atoms with van der Waals surface area (Å²) in [5, 5.41) is 0. The first-order valence-electron chi connectivity index (χ1n) is 6.35. The molecule has 0 heterocycles. The van der Waals surface area contributed by atoms with Gasteiger partial charge in [-0.05, 0) is 25.1 Å². The summed E-state index contributed by atoms with van der Waals surface area (Å²) in [6.45, 7) is 3.74. The molecule has 0 fully saturated rings. The van der Waals surface area contributed by atoms with Crippen molar-refractivity contribution >= 4 is 22.9 Å². The van der Waals surface area contributed by atoms with Gasteiger partial charge >= 0.3 is 0 Å². The highest BCUT2D eigenvalue weighted by molar-refractivity contribution is 7.80. The van der Waals surface area contributed by atoms with Crippen LogP contribution in [0.1, 0.15) is 12.5 Å². The van der Waals surface area contributed by atoms with Crippen LogP contribution in [-0.2, 0) is 9.47 Å². The third-order valence-corrected chi connectivity index (χ3v) is 3.23. The van der Waals surface area contributed by atoms with Crippen molar-refractivity contribution in [3.05, 3.63) is 29.6 Å². The van der Waals surface area contributed by atoms with Crippen LogP contribution in [-0.4, -0.2) is 45.0 Å². The van der Waals surface area contributed by atoms with Crippen LogP contribution >= 0.6 is 12.2 Å². The van der Waals surface area contributed by atoms with E-state index in [1.165, 1.54) is 12.1 Å². The van der Waals surface area contributed by atoms with Crippen molar-refractivity contribution in [2.24, 2.45) is 5.73 Å². The molecule has 0 aliphatic rings. The molecule has 0 radical (unpaired) electrons. The fourth-order valence-corrected chi connectivity index (χ4v) is 2.22. The lowest BCUT2D eigenvalue weighted by Crippen LogP contribution is -2.39. The molecule has 112 valence electrons. The van der Waals surface area contributed by atoms with Crippen molar-refractivity contribution in [3.63, 3.8) is 0 Å². The standard InChI is InChI=1S/C14H21FN2O2S/c1-10(9-19-3)17(6-7-18-2)13-5-4-11(15)8-12(13)14(16)20/h4-5,8,10H,6-7,9H2,1-3H3,(H2,16,20). The van der Waals surface area contributed by atoms with E-state index in [1.54, 1.807) is 20.3 Å². The van der Waals surface area contributed by atoms with Gasteiger partial charge in [-0.2, -0.15) is 0 Å². The minimum absolute atomic E-state index is 0.0914. The summed E-state index contributed by atoms with van der Waals surface area (Å²) >= 11 is 5.01. The molecule has 1 aromatic rings. The Morgan fingerprint density at radius 1 is 1.40 bits per heavy atom. The minimum Gasteiger partial charge on any atom is -0.389 e. The molecule has 0 aliphatic heterocycles. The van der Waals surface area contributed by atoms with E-state index >= 15 is 0 Å². The number of halogens is 1. The monoisotopic (exact) mass is 300 g/mol. The third kappa shape index (κ3) is 4.40. The highest BCUT2D eigenvalue weighted by atomic mass is 32.1. The average Bonchev–Trinajstić information content (AvgIpc) is 2.40. The van der Waals surface area contributed by atoms with Gasteiger partial charge in [-0.15, -0.1) is 0 Å². The highest BCUT2D eigenvalue weighted by Gasteiger charge is 2.19. The topological polar surface area (TPSA) is 47.7 Å². The summed E-state index contributed by atoms with van der Waals surface area (Å²) in [5.74, 6) is -0.359. The van der Waals surface area contributed by atoms with E-state index in [9.17, 15) is 4.39 Å². The molecule has 1 aromatic carbocycles. The summed E-state index contributed by atoms with van der Waals surface area (Å²) in [6, 6.07) is 4.53. The van der Waals surface area contributed by atoms with Gasteiger partial charge in [-0.1, -0.05) is 12.2 Å². The molecular formula is C14H21FN2O2S. The van der Waals surface area contributed by atoms with E-state index in [2.05, 4.69) is 4.90 Å². The molecule has 20 heavy (non-hydrogen) atoms. The van der Waals surface area contributed by atoms with Crippen LogP contribution in [0, 0.1) is 5.82 Å². The van der Waals surface area contributed by atoms with E-state index in [-0.39, 0.29) is 16.8 Å². The van der Waals surface area contributed by atoms with E-state index in [1.807, 2.05) is 6.92 Å². The van der Waals surface area contributed by atoms with Crippen molar-refractivity contribution in [1.82, 2.24) is 0 Å². The van der Waals surface area contributed by atoms with Gasteiger partial charge in [0.25, 0.3) is 0 Å². The van der Waals surface area contributed by atoms with Crippen LogP contribution in [0.5, 0.6) is 0 Å².